The quantitative estimate of drug-likeness (QED) is 0.114. The Hall–Kier alpha value is -6.51. The Balaban J connectivity index is 0.00000693. The largest absolute Gasteiger partial charge is 3.00 e. The average Bonchev–Trinajstić information content (AvgIpc) is 3.75. The van der Waals surface area contributed by atoms with Gasteiger partial charge in [-0.15, -0.1) is 90.0 Å². The van der Waals surface area contributed by atoms with Crippen molar-refractivity contribution in [1.82, 2.24) is 15.0 Å². The van der Waals surface area contributed by atoms with Crippen LogP contribution in [0.2, 0.25) is 0 Å². The van der Waals surface area contributed by atoms with Crippen molar-refractivity contribution in [3.8, 4) is 39.8 Å². The number of aryl methyl sites for hydroxylation is 4. The molecule has 5 aromatic carbocycles. The number of hydrogen-bond donors (Lipinski definition) is 0. The van der Waals surface area contributed by atoms with E-state index >= 15 is 0 Å². The third kappa shape index (κ3) is 8.52. The predicted molar refractivity (Wildman–Crippen MR) is 245 cm³/mol. The number of pyridine rings is 3. The fourth-order valence-corrected chi connectivity index (χ4v) is 7.28. The van der Waals surface area contributed by atoms with Gasteiger partial charge in [-0.25, -0.2) is 0 Å². The summed E-state index contributed by atoms with van der Waals surface area (Å²) in [5.41, 5.74) is 2.66. The van der Waals surface area contributed by atoms with E-state index in [2.05, 4.69) is 28.2 Å². The molecule has 0 saturated carbocycles. The normalized spacial score (nSPS) is 15.0. The van der Waals surface area contributed by atoms with E-state index in [0.29, 0.717) is 55.7 Å². The molecule has 9 rings (SSSR count). The van der Waals surface area contributed by atoms with Gasteiger partial charge >= 0.3 is 20.1 Å². The molecule has 62 heavy (non-hydrogen) atoms. The molecule has 0 saturated heterocycles. The molecule has 0 amide bonds. The van der Waals surface area contributed by atoms with Gasteiger partial charge in [0.2, 0.25) is 0 Å². The van der Waals surface area contributed by atoms with Crippen LogP contribution in [0.3, 0.4) is 0 Å². The van der Waals surface area contributed by atoms with E-state index in [1.54, 1.807) is 60.8 Å². The number of rotatable bonds is 12. The molecule has 5 nitrogen and oxygen atoms in total. The molecule has 6 heteroatoms. The van der Waals surface area contributed by atoms with E-state index in [1.807, 2.05) is 76.2 Å². The molecule has 0 radical (unpaired) electrons. The first kappa shape index (κ1) is 31.4. The van der Waals surface area contributed by atoms with Gasteiger partial charge in [-0.05, 0) is 93.5 Å². The van der Waals surface area contributed by atoms with Crippen molar-refractivity contribution in [2.75, 3.05) is 0 Å². The van der Waals surface area contributed by atoms with E-state index in [0.717, 1.165) is 5.56 Å². The summed E-state index contributed by atoms with van der Waals surface area (Å²) in [7, 11) is 0. The maximum absolute atomic E-state index is 9.60. The van der Waals surface area contributed by atoms with Crippen LogP contribution in [0.25, 0.3) is 55.7 Å². The standard InChI is InChI=1S/C56H45N4O.Ir/c1-55(2,45-25-29-52(60-37-45)49-17-11-16-48-47-26-22-42(34-57)33-53(47)61-54(48)49)56(3,4)46-31-40(20-18-38-23-27-50(58-35-38)43-12-7-5-8-13-43)30-41(32-46)21-19-39-24-28-51(59-36-39)44-14-9-6-10-15-44;/h5-12,14,16,22-33,35-37H,18-21H2,1-4H3;/q-3;+3/i18D2,19D2,20D2,21D2,22D,33D;. The van der Waals surface area contributed by atoms with Gasteiger partial charge in [0.1, 0.15) is 5.58 Å². The molecule has 0 bridgehead atoms. The number of aromatic nitrogens is 3. The molecule has 0 spiro atoms. The van der Waals surface area contributed by atoms with Crippen LogP contribution in [0.4, 0.5) is 0 Å². The second-order valence-electron chi connectivity index (χ2n) is 15.7. The summed E-state index contributed by atoms with van der Waals surface area (Å²) in [5, 5.41) is 10.8. The Labute approximate surface area is 392 Å². The molecule has 0 atom stereocenters. The fourth-order valence-electron chi connectivity index (χ4n) is 7.28. The van der Waals surface area contributed by atoms with E-state index in [9.17, 15) is 16.2 Å². The number of furan rings is 1. The van der Waals surface area contributed by atoms with Crippen LogP contribution in [0, 0.1) is 29.5 Å². The number of nitriles is 1. The molecule has 0 aliphatic heterocycles. The Bertz CT molecular complexity index is 3380. The smallest absolute Gasteiger partial charge is 0.501 e. The number of fused-ring (bicyclic) bond motifs is 3. The van der Waals surface area contributed by atoms with Gasteiger partial charge in [0.25, 0.3) is 0 Å². The first-order chi connectivity index (χ1) is 33.5. The summed E-state index contributed by atoms with van der Waals surface area (Å²) in [6.07, 6.45) is -6.81. The van der Waals surface area contributed by atoms with Crippen LogP contribution in [-0.2, 0) is 56.4 Å². The van der Waals surface area contributed by atoms with Gasteiger partial charge in [-0.1, -0.05) is 99.3 Å². The third-order valence-corrected chi connectivity index (χ3v) is 11.6. The van der Waals surface area contributed by atoms with Crippen LogP contribution in [0.15, 0.2) is 156 Å². The summed E-state index contributed by atoms with van der Waals surface area (Å²) < 4.78 is 98.9. The monoisotopic (exact) mass is 992 g/mol. The van der Waals surface area contributed by atoms with Crippen LogP contribution in [0.5, 0.6) is 0 Å². The predicted octanol–water partition coefficient (Wildman–Crippen LogP) is 12.9. The van der Waals surface area contributed by atoms with Crippen LogP contribution < -0.4 is 0 Å². The Kier molecular flexibility index (Phi) is 9.02. The molecule has 4 aromatic heterocycles. The van der Waals surface area contributed by atoms with Crippen LogP contribution >= 0.6 is 0 Å². The van der Waals surface area contributed by atoms with E-state index < -0.39 is 36.3 Å². The zero-order valence-corrected chi connectivity index (χ0v) is 36.7. The summed E-state index contributed by atoms with van der Waals surface area (Å²) >= 11 is 0. The number of nitrogens with zero attached hydrogens (tertiary/aromatic N) is 4. The Morgan fingerprint density at radius 1 is 0.613 bits per heavy atom. The third-order valence-electron chi connectivity index (χ3n) is 11.6. The minimum Gasteiger partial charge on any atom is -0.501 e. The fraction of sp³-hybridized carbons (Fsp3) is 0.179. The van der Waals surface area contributed by atoms with Crippen molar-refractivity contribution >= 4 is 21.9 Å². The van der Waals surface area contributed by atoms with Gasteiger partial charge in [0, 0.05) is 40.4 Å². The molecular formula is C56H45IrN4O. The van der Waals surface area contributed by atoms with Crippen molar-refractivity contribution in [2.45, 2.75) is 64.0 Å². The molecule has 9 aromatic rings. The Morgan fingerprint density at radius 2 is 1.19 bits per heavy atom. The first-order valence-corrected chi connectivity index (χ1v) is 19.8. The molecule has 0 N–H and O–H groups in total. The average molecular weight is 992 g/mol. The molecule has 0 fully saturated rings. The summed E-state index contributed by atoms with van der Waals surface area (Å²) in [6.45, 7) is 7.78. The molecule has 0 aliphatic rings. The van der Waals surface area contributed by atoms with Gasteiger partial charge < -0.3 is 19.4 Å². The molecule has 0 aliphatic carbocycles. The molecule has 304 valence electrons. The van der Waals surface area contributed by atoms with E-state index in [4.69, 9.17) is 12.1 Å². The van der Waals surface area contributed by atoms with Crippen molar-refractivity contribution in [3.63, 3.8) is 0 Å². The molecule has 0 unspecified atom stereocenters. The van der Waals surface area contributed by atoms with Gasteiger partial charge in [-0.2, -0.15) is 5.26 Å². The minimum atomic E-state index is -2.82. The zero-order chi connectivity index (χ0) is 50.9. The van der Waals surface area contributed by atoms with Crippen molar-refractivity contribution < 1.29 is 38.2 Å². The van der Waals surface area contributed by atoms with E-state index in [-0.39, 0.29) is 65.6 Å². The Morgan fingerprint density at radius 3 is 1.73 bits per heavy atom. The minimum absolute atomic E-state index is 0. The van der Waals surface area contributed by atoms with Crippen molar-refractivity contribution in [1.29, 1.82) is 5.26 Å². The van der Waals surface area contributed by atoms with Crippen molar-refractivity contribution in [3.05, 3.63) is 209 Å². The summed E-state index contributed by atoms with van der Waals surface area (Å²) in [6, 6.07) is 44.6. The molecule has 4 heterocycles. The number of hydrogen-bond acceptors (Lipinski definition) is 5. The second-order valence-corrected chi connectivity index (χ2v) is 15.7. The maximum Gasteiger partial charge on any atom is 3.00 e. The van der Waals surface area contributed by atoms with Crippen LogP contribution in [0.1, 0.15) is 80.3 Å². The van der Waals surface area contributed by atoms with Crippen LogP contribution in [-0.4, -0.2) is 15.0 Å². The summed E-state index contributed by atoms with van der Waals surface area (Å²) in [4.78, 5) is 13.8. The molecular weight excluding hydrogens is 937 g/mol. The van der Waals surface area contributed by atoms with Gasteiger partial charge in [0.05, 0.1) is 20.0 Å². The van der Waals surface area contributed by atoms with Gasteiger partial charge in [0.15, 0.2) is 0 Å². The summed E-state index contributed by atoms with van der Waals surface area (Å²) in [5.74, 6) is 0. The van der Waals surface area contributed by atoms with Crippen molar-refractivity contribution in [2.24, 2.45) is 0 Å². The second kappa shape index (κ2) is 17.8. The number of benzene rings is 5. The SMILES string of the molecule is [2H]c1cc2c(oc3c(-c4ccc(C(C)(C)C(C)(C)c5cc(C([2H])([2H])C([2H])([2H])c6ccc(-c7[c-]cccc7)nc6)cc(C([2H])([2H])C([2H])([2H])c6ccc(-c7[c-]cccc7)nc6)c5)cn4)[c-]ccc32)c([2H])c1C#N.[Ir+3]. The zero-order valence-electron chi connectivity index (χ0n) is 44.3. The topological polar surface area (TPSA) is 75.6 Å². The first-order valence-electron chi connectivity index (χ1n) is 24.8. The maximum atomic E-state index is 9.60. The van der Waals surface area contributed by atoms with Gasteiger partial charge in [-0.3, -0.25) is 0 Å². The van der Waals surface area contributed by atoms with E-state index in [1.165, 1.54) is 36.7 Å².